The molecule has 18 heavy (non-hydrogen) atoms. The maximum absolute atomic E-state index is 6.04. The molecule has 0 radical (unpaired) electrons. The minimum absolute atomic E-state index is 0.178. The van der Waals surface area contributed by atoms with E-state index in [9.17, 15) is 0 Å². The number of aromatic nitrogens is 2. The molecule has 0 bridgehead atoms. The summed E-state index contributed by atoms with van der Waals surface area (Å²) in [5, 5.41) is 1.36. The van der Waals surface area contributed by atoms with Crippen LogP contribution in [0.15, 0.2) is 30.5 Å². The Bertz CT molecular complexity index is 543. The first-order chi connectivity index (χ1) is 8.56. The maximum Gasteiger partial charge on any atom is 0.224 e. The summed E-state index contributed by atoms with van der Waals surface area (Å²) < 4.78 is 0. The summed E-state index contributed by atoms with van der Waals surface area (Å²) in [5.74, 6) is 0.603. The predicted molar refractivity (Wildman–Crippen MR) is 75.6 cm³/mol. The van der Waals surface area contributed by atoms with Gasteiger partial charge >= 0.3 is 0 Å². The van der Waals surface area contributed by atoms with Gasteiger partial charge in [-0.3, -0.25) is 0 Å². The van der Waals surface area contributed by atoms with Gasteiger partial charge in [0.1, 0.15) is 5.02 Å². The highest BCUT2D eigenvalue weighted by Crippen LogP contribution is 2.24. The van der Waals surface area contributed by atoms with Crippen LogP contribution in [0.1, 0.15) is 5.56 Å². The van der Waals surface area contributed by atoms with Crippen LogP contribution >= 0.6 is 34.8 Å². The van der Waals surface area contributed by atoms with Crippen LogP contribution in [0, 0.1) is 0 Å². The fourth-order valence-electron chi connectivity index (χ4n) is 1.54. The van der Waals surface area contributed by atoms with Crippen LogP contribution in [0.2, 0.25) is 15.3 Å². The fraction of sp³-hybridized carbons (Fsp3) is 0.167. The molecular formula is C12H10Cl3N3. The minimum atomic E-state index is 0.178. The second kappa shape index (κ2) is 5.74. The maximum atomic E-state index is 6.04. The number of halogens is 3. The highest BCUT2D eigenvalue weighted by molar-refractivity contribution is 6.33. The van der Waals surface area contributed by atoms with Crippen LogP contribution in [0.3, 0.4) is 0 Å². The van der Waals surface area contributed by atoms with E-state index < -0.39 is 0 Å². The van der Waals surface area contributed by atoms with E-state index in [4.69, 9.17) is 34.8 Å². The van der Waals surface area contributed by atoms with Crippen molar-refractivity contribution in [1.29, 1.82) is 0 Å². The van der Waals surface area contributed by atoms with Gasteiger partial charge in [0.05, 0.1) is 6.20 Å². The zero-order chi connectivity index (χ0) is 13.1. The highest BCUT2D eigenvalue weighted by Gasteiger charge is 2.10. The van der Waals surface area contributed by atoms with Crippen molar-refractivity contribution in [3.63, 3.8) is 0 Å². The standard InChI is InChI=1S/C12H10Cl3N3/c1-18(7-8-2-4-9(13)5-3-8)11-10(14)6-16-12(15)17-11/h2-6H,7H2,1H3. The van der Waals surface area contributed by atoms with Gasteiger partial charge in [-0.2, -0.15) is 4.98 Å². The van der Waals surface area contributed by atoms with Crippen molar-refractivity contribution < 1.29 is 0 Å². The summed E-state index contributed by atoms with van der Waals surface area (Å²) in [6, 6.07) is 7.60. The van der Waals surface area contributed by atoms with Crippen LogP contribution in [0.5, 0.6) is 0 Å². The number of hydrogen-bond acceptors (Lipinski definition) is 3. The third kappa shape index (κ3) is 3.25. The molecule has 0 aliphatic rings. The van der Waals surface area contributed by atoms with Gasteiger partial charge in [0.2, 0.25) is 5.28 Å². The van der Waals surface area contributed by atoms with E-state index in [2.05, 4.69) is 9.97 Å². The minimum Gasteiger partial charge on any atom is -0.354 e. The Morgan fingerprint density at radius 3 is 2.44 bits per heavy atom. The van der Waals surface area contributed by atoms with Gasteiger partial charge in [0.15, 0.2) is 5.82 Å². The molecule has 1 aromatic carbocycles. The smallest absolute Gasteiger partial charge is 0.224 e. The predicted octanol–water partition coefficient (Wildman–Crippen LogP) is 4.07. The Labute approximate surface area is 120 Å². The lowest BCUT2D eigenvalue weighted by atomic mass is 10.2. The first kappa shape index (κ1) is 13.4. The number of rotatable bonds is 3. The van der Waals surface area contributed by atoms with Gasteiger partial charge in [-0.05, 0) is 29.3 Å². The second-order valence-corrected chi connectivity index (χ2v) is 4.97. The lowest BCUT2D eigenvalue weighted by Gasteiger charge is -2.19. The van der Waals surface area contributed by atoms with Gasteiger partial charge in [0.25, 0.3) is 0 Å². The number of nitrogens with zero attached hydrogens (tertiary/aromatic N) is 3. The van der Waals surface area contributed by atoms with E-state index in [0.29, 0.717) is 22.4 Å². The Morgan fingerprint density at radius 1 is 1.11 bits per heavy atom. The molecule has 0 fully saturated rings. The molecule has 0 unspecified atom stereocenters. The number of anilines is 1. The largest absolute Gasteiger partial charge is 0.354 e. The molecular weight excluding hydrogens is 293 g/mol. The summed E-state index contributed by atoms with van der Waals surface area (Å²) >= 11 is 17.6. The molecule has 0 saturated heterocycles. The molecule has 94 valence electrons. The Balaban J connectivity index is 2.18. The van der Waals surface area contributed by atoms with Gasteiger partial charge < -0.3 is 4.90 Å². The highest BCUT2D eigenvalue weighted by atomic mass is 35.5. The average molecular weight is 303 g/mol. The van der Waals surface area contributed by atoms with Crippen LogP contribution in [0.4, 0.5) is 5.82 Å². The van der Waals surface area contributed by atoms with E-state index in [1.165, 1.54) is 6.20 Å². The Hall–Kier alpha value is -1.03. The van der Waals surface area contributed by atoms with Crippen LogP contribution in [0.25, 0.3) is 0 Å². The Morgan fingerprint density at radius 2 is 1.78 bits per heavy atom. The van der Waals surface area contributed by atoms with Crippen molar-refractivity contribution in [3.05, 3.63) is 51.4 Å². The van der Waals surface area contributed by atoms with Crippen molar-refractivity contribution in [2.75, 3.05) is 11.9 Å². The van der Waals surface area contributed by atoms with Crippen molar-refractivity contribution in [3.8, 4) is 0 Å². The fourth-order valence-corrected chi connectivity index (χ4v) is 2.03. The molecule has 0 saturated carbocycles. The van der Waals surface area contributed by atoms with E-state index in [1.54, 1.807) is 0 Å². The molecule has 0 amide bonds. The van der Waals surface area contributed by atoms with Gasteiger partial charge in [-0.1, -0.05) is 35.3 Å². The third-order valence-electron chi connectivity index (χ3n) is 2.39. The van der Waals surface area contributed by atoms with Crippen LogP contribution in [-0.2, 0) is 6.54 Å². The van der Waals surface area contributed by atoms with E-state index in [0.717, 1.165) is 5.56 Å². The Kier molecular flexibility index (Phi) is 4.27. The summed E-state index contributed by atoms with van der Waals surface area (Å²) in [6.07, 6.45) is 1.49. The first-order valence-electron chi connectivity index (χ1n) is 5.20. The zero-order valence-corrected chi connectivity index (χ0v) is 11.8. The summed E-state index contributed by atoms with van der Waals surface area (Å²) in [6.45, 7) is 0.657. The van der Waals surface area contributed by atoms with E-state index in [1.807, 2.05) is 36.2 Å². The molecule has 0 N–H and O–H groups in total. The topological polar surface area (TPSA) is 29.0 Å². The summed E-state index contributed by atoms with van der Waals surface area (Å²) in [5.41, 5.74) is 1.10. The third-order valence-corrected chi connectivity index (χ3v) is 3.09. The molecule has 0 spiro atoms. The average Bonchev–Trinajstić information content (AvgIpc) is 2.35. The monoisotopic (exact) mass is 301 g/mol. The first-order valence-corrected chi connectivity index (χ1v) is 6.33. The molecule has 0 aliphatic heterocycles. The van der Waals surface area contributed by atoms with Gasteiger partial charge in [-0.15, -0.1) is 0 Å². The zero-order valence-electron chi connectivity index (χ0n) is 9.57. The van der Waals surface area contributed by atoms with Crippen LogP contribution < -0.4 is 4.90 Å². The quantitative estimate of drug-likeness (QED) is 0.800. The van der Waals surface area contributed by atoms with E-state index in [-0.39, 0.29) is 5.28 Å². The molecule has 6 heteroatoms. The molecule has 3 nitrogen and oxygen atoms in total. The van der Waals surface area contributed by atoms with Gasteiger partial charge in [0, 0.05) is 18.6 Å². The van der Waals surface area contributed by atoms with Crippen molar-refractivity contribution >= 4 is 40.6 Å². The summed E-state index contributed by atoms with van der Waals surface area (Å²) in [7, 11) is 1.89. The molecule has 1 aromatic heterocycles. The number of hydrogen-bond donors (Lipinski definition) is 0. The lowest BCUT2D eigenvalue weighted by molar-refractivity contribution is 0.891. The second-order valence-electron chi connectivity index (χ2n) is 3.79. The number of benzene rings is 1. The molecule has 0 aliphatic carbocycles. The summed E-state index contributed by atoms with van der Waals surface area (Å²) in [4.78, 5) is 9.83. The SMILES string of the molecule is CN(Cc1ccc(Cl)cc1)c1nc(Cl)ncc1Cl. The van der Waals surface area contributed by atoms with Crippen LogP contribution in [-0.4, -0.2) is 17.0 Å². The van der Waals surface area contributed by atoms with Crippen molar-refractivity contribution in [1.82, 2.24) is 9.97 Å². The van der Waals surface area contributed by atoms with Crippen molar-refractivity contribution in [2.45, 2.75) is 6.54 Å². The molecule has 2 aromatic rings. The molecule has 0 atom stereocenters. The lowest BCUT2D eigenvalue weighted by Crippen LogP contribution is -2.18. The van der Waals surface area contributed by atoms with Gasteiger partial charge in [-0.25, -0.2) is 4.98 Å². The van der Waals surface area contributed by atoms with Crippen molar-refractivity contribution in [2.24, 2.45) is 0 Å². The normalized spacial score (nSPS) is 10.4. The molecule has 2 rings (SSSR count). The van der Waals surface area contributed by atoms with E-state index >= 15 is 0 Å². The molecule has 1 heterocycles.